The van der Waals surface area contributed by atoms with Crippen molar-refractivity contribution in [1.82, 2.24) is 10.2 Å². The maximum atomic E-state index is 12.2. The molecule has 2 fully saturated rings. The predicted molar refractivity (Wildman–Crippen MR) is 70.2 cm³/mol. The summed E-state index contributed by atoms with van der Waals surface area (Å²) in [5, 5.41) is 2.98. The molecule has 2 rings (SSSR count). The van der Waals surface area contributed by atoms with Crippen molar-refractivity contribution in [2.75, 3.05) is 19.8 Å². The standard InChI is InChI=1S/C13H25N3O2/c1-9(2)15-13(17)12-8-18-7-6-16(12)11-5-3-4-10(11)14/h9-12H,3-8,14H2,1-2H3,(H,15,17). The zero-order valence-corrected chi connectivity index (χ0v) is 11.4. The average Bonchev–Trinajstić information content (AvgIpc) is 2.74. The maximum Gasteiger partial charge on any atom is 0.239 e. The molecule has 1 heterocycles. The summed E-state index contributed by atoms with van der Waals surface area (Å²) in [5.74, 6) is 0.0730. The lowest BCUT2D eigenvalue weighted by atomic mass is 10.1. The molecule has 1 aliphatic carbocycles. The Morgan fingerprint density at radius 3 is 2.83 bits per heavy atom. The zero-order valence-electron chi connectivity index (χ0n) is 11.4. The lowest BCUT2D eigenvalue weighted by Crippen LogP contribution is -2.60. The van der Waals surface area contributed by atoms with Gasteiger partial charge in [-0.3, -0.25) is 9.69 Å². The zero-order chi connectivity index (χ0) is 13.1. The van der Waals surface area contributed by atoms with E-state index in [-0.39, 0.29) is 24.0 Å². The summed E-state index contributed by atoms with van der Waals surface area (Å²) in [6, 6.07) is 0.545. The quantitative estimate of drug-likeness (QED) is 0.750. The third-order valence-corrected chi connectivity index (χ3v) is 3.86. The lowest BCUT2D eigenvalue weighted by molar-refractivity contribution is -0.135. The molecular formula is C13H25N3O2. The Kier molecular flexibility index (Phi) is 4.59. The first kappa shape index (κ1) is 13.8. The Hall–Kier alpha value is -0.650. The summed E-state index contributed by atoms with van der Waals surface area (Å²) in [7, 11) is 0. The van der Waals surface area contributed by atoms with Crippen LogP contribution in [0.1, 0.15) is 33.1 Å². The van der Waals surface area contributed by atoms with Crippen molar-refractivity contribution in [3.05, 3.63) is 0 Å². The Balaban J connectivity index is 2.03. The van der Waals surface area contributed by atoms with Gasteiger partial charge in [0.05, 0.1) is 13.2 Å². The van der Waals surface area contributed by atoms with Gasteiger partial charge in [-0.2, -0.15) is 0 Å². The summed E-state index contributed by atoms with van der Waals surface area (Å²) in [6.07, 6.45) is 3.34. The molecule has 1 saturated carbocycles. The van der Waals surface area contributed by atoms with Crippen molar-refractivity contribution in [3.8, 4) is 0 Å². The number of ether oxygens (including phenoxy) is 1. The van der Waals surface area contributed by atoms with Crippen LogP contribution in [-0.2, 0) is 9.53 Å². The first-order valence-corrected chi connectivity index (χ1v) is 6.99. The molecule has 3 unspecified atom stereocenters. The minimum Gasteiger partial charge on any atom is -0.378 e. The molecule has 2 aliphatic rings. The molecule has 0 aromatic rings. The van der Waals surface area contributed by atoms with Crippen molar-refractivity contribution < 1.29 is 9.53 Å². The first-order valence-electron chi connectivity index (χ1n) is 6.99. The van der Waals surface area contributed by atoms with Crippen molar-refractivity contribution in [2.45, 2.75) is 57.3 Å². The number of carbonyl (C=O) groups is 1. The summed E-state index contributed by atoms with van der Waals surface area (Å²) in [4.78, 5) is 14.5. The van der Waals surface area contributed by atoms with Gasteiger partial charge in [-0.15, -0.1) is 0 Å². The van der Waals surface area contributed by atoms with Crippen LogP contribution >= 0.6 is 0 Å². The van der Waals surface area contributed by atoms with Crippen LogP contribution in [0.25, 0.3) is 0 Å². The molecule has 0 spiro atoms. The van der Waals surface area contributed by atoms with Crippen LogP contribution in [0.3, 0.4) is 0 Å². The molecule has 0 aromatic heterocycles. The maximum absolute atomic E-state index is 12.2. The Labute approximate surface area is 109 Å². The van der Waals surface area contributed by atoms with E-state index in [2.05, 4.69) is 10.2 Å². The number of morpholine rings is 1. The van der Waals surface area contributed by atoms with Gasteiger partial charge in [-0.1, -0.05) is 6.42 Å². The van der Waals surface area contributed by atoms with Crippen molar-refractivity contribution >= 4 is 5.91 Å². The van der Waals surface area contributed by atoms with Crippen LogP contribution in [0.15, 0.2) is 0 Å². The topological polar surface area (TPSA) is 67.6 Å². The highest BCUT2D eigenvalue weighted by molar-refractivity contribution is 5.82. The van der Waals surface area contributed by atoms with E-state index in [1.54, 1.807) is 0 Å². The van der Waals surface area contributed by atoms with Crippen LogP contribution in [0.2, 0.25) is 0 Å². The van der Waals surface area contributed by atoms with E-state index in [0.29, 0.717) is 19.3 Å². The van der Waals surface area contributed by atoms with Gasteiger partial charge in [-0.25, -0.2) is 0 Å². The van der Waals surface area contributed by atoms with Gasteiger partial charge in [0.15, 0.2) is 0 Å². The number of carbonyl (C=O) groups excluding carboxylic acids is 1. The third kappa shape index (κ3) is 3.02. The van der Waals surface area contributed by atoms with Crippen LogP contribution in [-0.4, -0.2) is 54.7 Å². The lowest BCUT2D eigenvalue weighted by Gasteiger charge is -2.40. The van der Waals surface area contributed by atoms with Crippen LogP contribution in [0.5, 0.6) is 0 Å². The van der Waals surface area contributed by atoms with E-state index in [1.165, 1.54) is 6.42 Å². The summed E-state index contributed by atoms with van der Waals surface area (Å²) in [5.41, 5.74) is 6.16. The number of nitrogens with zero attached hydrogens (tertiary/aromatic N) is 1. The molecule has 18 heavy (non-hydrogen) atoms. The van der Waals surface area contributed by atoms with Gasteiger partial charge in [0.1, 0.15) is 6.04 Å². The van der Waals surface area contributed by atoms with Gasteiger partial charge in [0.25, 0.3) is 0 Å². The molecule has 5 nitrogen and oxygen atoms in total. The van der Waals surface area contributed by atoms with E-state index in [1.807, 2.05) is 13.8 Å². The van der Waals surface area contributed by atoms with Gasteiger partial charge >= 0.3 is 0 Å². The fourth-order valence-corrected chi connectivity index (χ4v) is 3.00. The van der Waals surface area contributed by atoms with E-state index in [4.69, 9.17) is 10.5 Å². The van der Waals surface area contributed by atoms with E-state index in [9.17, 15) is 4.79 Å². The molecule has 1 amide bonds. The first-order chi connectivity index (χ1) is 8.59. The third-order valence-electron chi connectivity index (χ3n) is 3.86. The Morgan fingerprint density at radius 2 is 2.22 bits per heavy atom. The van der Waals surface area contributed by atoms with Crippen LogP contribution in [0, 0.1) is 0 Å². The summed E-state index contributed by atoms with van der Waals surface area (Å²) >= 11 is 0. The molecule has 0 radical (unpaired) electrons. The fourth-order valence-electron chi connectivity index (χ4n) is 3.00. The molecule has 3 N–H and O–H groups in total. The second-order valence-electron chi connectivity index (χ2n) is 5.65. The minimum absolute atomic E-state index is 0.0730. The second kappa shape index (κ2) is 5.99. The Bertz CT molecular complexity index is 296. The summed E-state index contributed by atoms with van der Waals surface area (Å²) in [6.45, 7) is 5.96. The largest absolute Gasteiger partial charge is 0.378 e. The SMILES string of the molecule is CC(C)NC(=O)C1COCCN1C1CCCC1N. The molecule has 0 bridgehead atoms. The predicted octanol–water partition coefficient (Wildman–Crippen LogP) is 0.0916. The molecule has 0 aromatic carbocycles. The molecule has 1 aliphatic heterocycles. The molecular weight excluding hydrogens is 230 g/mol. The molecule has 3 atom stereocenters. The number of hydrogen-bond acceptors (Lipinski definition) is 4. The number of nitrogens with one attached hydrogen (secondary N) is 1. The molecule has 104 valence electrons. The van der Waals surface area contributed by atoms with Gasteiger partial charge < -0.3 is 15.8 Å². The van der Waals surface area contributed by atoms with Gasteiger partial charge in [-0.05, 0) is 26.7 Å². The highest BCUT2D eigenvalue weighted by Crippen LogP contribution is 2.25. The van der Waals surface area contributed by atoms with Crippen molar-refractivity contribution in [1.29, 1.82) is 0 Å². The average molecular weight is 255 g/mol. The monoisotopic (exact) mass is 255 g/mol. The van der Waals surface area contributed by atoms with Crippen LogP contribution in [0.4, 0.5) is 0 Å². The highest BCUT2D eigenvalue weighted by Gasteiger charge is 2.38. The smallest absolute Gasteiger partial charge is 0.239 e. The minimum atomic E-state index is -0.171. The van der Waals surface area contributed by atoms with E-state index >= 15 is 0 Å². The van der Waals surface area contributed by atoms with Crippen LogP contribution < -0.4 is 11.1 Å². The number of amides is 1. The van der Waals surface area contributed by atoms with Crippen molar-refractivity contribution in [3.63, 3.8) is 0 Å². The molecule has 5 heteroatoms. The highest BCUT2D eigenvalue weighted by atomic mass is 16.5. The second-order valence-corrected chi connectivity index (χ2v) is 5.65. The van der Waals surface area contributed by atoms with Gasteiger partial charge in [0, 0.05) is 24.7 Å². The number of rotatable bonds is 3. The molecule has 1 saturated heterocycles. The fraction of sp³-hybridized carbons (Fsp3) is 0.923. The number of hydrogen-bond donors (Lipinski definition) is 2. The normalized spacial score (nSPS) is 33.9. The number of nitrogens with two attached hydrogens (primary N) is 1. The Morgan fingerprint density at radius 1 is 1.44 bits per heavy atom. The van der Waals surface area contributed by atoms with E-state index in [0.717, 1.165) is 19.4 Å². The van der Waals surface area contributed by atoms with Gasteiger partial charge in [0.2, 0.25) is 5.91 Å². The van der Waals surface area contributed by atoms with Crippen molar-refractivity contribution in [2.24, 2.45) is 5.73 Å². The summed E-state index contributed by atoms with van der Waals surface area (Å²) < 4.78 is 5.47. The van der Waals surface area contributed by atoms with E-state index < -0.39 is 0 Å².